The van der Waals surface area contributed by atoms with E-state index in [1.54, 1.807) is 0 Å². The predicted octanol–water partition coefficient (Wildman–Crippen LogP) is 2.99. The maximum Gasteiger partial charge on any atom is 0.258 e. The summed E-state index contributed by atoms with van der Waals surface area (Å²) in [6, 6.07) is 7.77. The van der Waals surface area contributed by atoms with E-state index >= 15 is 0 Å². The van der Waals surface area contributed by atoms with Crippen LogP contribution in [0.15, 0.2) is 30.8 Å². The Kier molecular flexibility index (Phi) is 3.88. The van der Waals surface area contributed by atoms with Crippen LogP contribution in [-0.4, -0.2) is 41.9 Å². The van der Waals surface area contributed by atoms with Gasteiger partial charge in [0.05, 0.1) is 0 Å². The van der Waals surface area contributed by atoms with Gasteiger partial charge in [0.25, 0.3) is 5.91 Å². The van der Waals surface area contributed by atoms with E-state index in [0.29, 0.717) is 0 Å². The summed E-state index contributed by atoms with van der Waals surface area (Å²) in [5, 5.41) is 0. The Labute approximate surface area is 120 Å². The van der Waals surface area contributed by atoms with Crippen molar-refractivity contribution in [3.8, 4) is 0 Å². The highest BCUT2D eigenvalue weighted by molar-refractivity contribution is 6.08. The van der Waals surface area contributed by atoms with Crippen molar-refractivity contribution in [3.63, 3.8) is 0 Å². The number of carbonyl (C=O) groups is 1. The molecule has 1 fully saturated rings. The molecule has 0 bridgehead atoms. The van der Waals surface area contributed by atoms with Crippen molar-refractivity contribution in [2.75, 3.05) is 26.2 Å². The molecule has 3 nitrogen and oxygen atoms in total. The molecule has 3 rings (SSSR count). The first-order valence-electron chi connectivity index (χ1n) is 7.60. The summed E-state index contributed by atoms with van der Waals surface area (Å²) in [6.45, 7) is 8.54. The molecule has 1 aromatic rings. The summed E-state index contributed by atoms with van der Waals surface area (Å²) in [6.07, 6.45) is 4.90. The van der Waals surface area contributed by atoms with Crippen LogP contribution in [0.1, 0.15) is 41.6 Å². The maximum atomic E-state index is 12.3. The number of likely N-dealkylation sites (tertiary alicyclic amines) is 1. The zero-order chi connectivity index (χ0) is 13.9. The van der Waals surface area contributed by atoms with E-state index in [4.69, 9.17) is 0 Å². The average molecular weight is 270 g/mol. The van der Waals surface area contributed by atoms with Crippen LogP contribution in [0, 0.1) is 0 Å². The number of rotatable bonds is 5. The third-order valence-corrected chi connectivity index (χ3v) is 4.34. The van der Waals surface area contributed by atoms with Crippen molar-refractivity contribution in [2.24, 2.45) is 0 Å². The predicted molar refractivity (Wildman–Crippen MR) is 81.4 cm³/mol. The van der Waals surface area contributed by atoms with Crippen molar-refractivity contribution in [1.82, 2.24) is 9.80 Å². The van der Waals surface area contributed by atoms with E-state index in [9.17, 15) is 4.79 Å². The van der Waals surface area contributed by atoms with Crippen LogP contribution in [0.3, 0.4) is 0 Å². The fourth-order valence-electron chi connectivity index (χ4n) is 3.18. The van der Waals surface area contributed by atoms with E-state index in [0.717, 1.165) is 36.2 Å². The molecule has 0 radical (unpaired) electrons. The Morgan fingerprint density at radius 2 is 1.65 bits per heavy atom. The molecule has 0 spiro atoms. The largest absolute Gasteiger partial charge is 0.308 e. The molecule has 0 aromatic heterocycles. The molecule has 2 aliphatic heterocycles. The number of fused-ring (bicyclic) bond motifs is 1. The Bertz CT molecular complexity index is 482. The molecule has 0 N–H and O–H groups in total. The van der Waals surface area contributed by atoms with Gasteiger partial charge in [0.2, 0.25) is 0 Å². The van der Waals surface area contributed by atoms with E-state index in [1.807, 2.05) is 29.2 Å². The molecule has 1 saturated heterocycles. The third-order valence-electron chi connectivity index (χ3n) is 4.34. The minimum atomic E-state index is 0.117. The molecule has 2 aliphatic rings. The molecule has 20 heavy (non-hydrogen) atoms. The molecule has 3 heteroatoms. The number of amides is 1. The molecule has 106 valence electrons. The molecule has 2 heterocycles. The molecule has 0 saturated carbocycles. The quantitative estimate of drug-likeness (QED) is 0.768. The summed E-state index contributed by atoms with van der Waals surface area (Å²) in [7, 11) is 0. The maximum absolute atomic E-state index is 12.3. The lowest BCUT2D eigenvalue weighted by molar-refractivity contribution is 0.0848. The van der Waals surface area contributed by atoms with Crippen molar-refractivity contribution in [1.29, 1.82) is 0 Å². The van der Waals surface area contributed by atoms with Gasteiger partial charge in [-0.25, -0.2) is 0 Å². The van der Waals surface area contributed by atoms with Crippen molar-refractivity contribution in [3.05, 3.63) is 42.0 Å². The number of unbranched alkanes of at least 4 members (excludes halogenated alkanes) is 1. The average Bonchev–Trinajstić information content (AvgIpc) is 3.06. The van der Waals surface area contributed by atoms with Crippen LogP contribution < -0.4 is 0 Å². The summed E-state index contributed by atoms with van der Waals surface area (Å²) >= 11 is 0. The summed E-state index contributed by atoms with van der Waals surface area (Å²) < 4.78 is 0. The van der Waals surface area contributed by atoms with Gasteiger partial charge in [0, 0.05) is 23.4 Å². The zero-order valence-electron chi connectivity index (χ0n) is 12.0. The van der Waals surface area contributed by atoms with Gasteiger partial charge in [-0.3, -0.25) is 4.79 Å². The highest BCUT2D eigenvalue weighted by atomic mass is 16.2. The van der Waals surface area contributed by atoms with Gasteiger partial charge in [-0.15, -0.1) is 0 Å². The number of hydrogen-bond acceptors (Lipinski definition) is 2. The van der Waals surface area contributed by atoms with E-state index in [-0.39, 0.29) is 5.91 Å². The highest BCUT2D eigenvalue weighted by Gasteiger charge is 2.29. The van der Waals surface area contributed by atoms with Crippen LogP contribution in [0.25, 0.3) is 5.70 Å². The lowest BCUT2D eigenvalue weighted by Gasteiger charge is -2.19. The standard InChI is InChI=1S/C17H22N2O/c1-14-15-8-2-3-9-16(15)17(20)19(14)13-7-6-12-18-10-4-5-11-18/h2-3,8-9H,1,4-7,10-13H2. The summed E-state index contributed by atoms with van der Waals surface area (Å²) in [4.78, 5) is 16.7. The van der Waals surface area contributed by atoms with Crippen molar-refractivity contribution in [2.45, 2.75) is 25.7 Å². The minimum Gasteiger partial charge on any atom is -0.308 e. The van der Waals surface area contributed by atoms with Gasteiger partial charge in [-0.05, 0) is 51.4 Å². The monoisotopic (exact) mass is 270 g/mol. The van der Waals surface area contributed by atoms with Gasteiger partial charge >= 0.3 is 0 Å². The second-order valence-corrected chi connectivity index (χ2v) is 5.70. The van der Waals surface area contributed by atoms with E-state index < -0.39 is 0 Å². The SMILES string of the molecule is C=C1c2ccccc2C(=O)N1CCCCN1CCCC1. The van der Waals surface area contributed by atoms with Crippen LogP contribution in [-0.2, 0) is 0 Å². The second kappa shape index (κ2) is 5.80. The van der Waals surface area contributed by atoms with Crippen LogP contribution in [0.2, 0.25) is 0 Å². The Hall–Kier alpha value is -1.61. The summed E-state index contributed by atoms with van der Waals surface area (Å²) in [5.41, 5.74) is 2.67. The van der Waals surface area contributed by atoms with Crippen LogP contribution in [0.4, 0.5) is 0 Å². The van der Waals surface area contributed by atoms with Gasteiger partial charge in [-0.2, -0.15) is 0 Å². The molecular formula is C17H22N2O. The number of carbonyl (C=O) groups excluding carboxylic acids is 1. The molecule has 1 amide bonds. The smallest absolute Gasteiger partial charge is 0.258 e. The number of benzene rings is 1. The van der Waals surface area contributed by atoms with Crippen molar-refractivity contribution >= 4 is 11.6 Å². The highest BCUT2D eigenvalue weighted by Crippen LogP contribution is 2.31. The van der Waals surface area contributed by atoms with Crippen molar-refractivity contribution < 1.29 is 4.79 Å². The molecule has 0 unspecified atom stereocenters. The Morgan fingerprint density at radius 1 is 1.00 bits per heavy atom. The molecule has 1 aromatic carbocycles. The van der Waals surface area contributed by atoms with Gasteiger partial charge in [-0.1, -0.05) is 24.8 Å². The lowest BCUT2D eigenvalue weighted by Crippen LogP contribution is -2.25. The Balaban J connectivity index is 1.51. The van der Waals surface area contributed by atoms with Gasteiger partial charge < -0.3 is 9.80 Å². The number of nitrogens with zero attached hydrogens (tertiary/aromatic N) is 2. The summed E-state index contributed by atoms with van der Waals surface area (Å²) in [5.74, 6) is 0.117. The zero-order valence-corrected chi connectivity index (χ0v) is 12.0. The Morgan fingerprint density at radius 3 is 2.35 bits per heavy atom. The van der Waals surface area contributed by atoms with Crippen LogP contribution >= 0.6 is 0 Å². The molecule has 0 atom stereocenters. The topological polar surface area (TPSA) is 23.6 Å². The molecule has 0 aliphatic carbocycles. The third kappa shape index (κ3) is 2.50. The van der Waals surface area contributed by atoms with Crippen LogP contribution in [0.5, 0.6) is 0 Å². The first kappa shape index (κ1) is 13.4. The normalized spacial score (nSPS) is 18.9. The second-order valence-electron chi connectivity index (χ2n) is 5.70. The van der Waals surface area contributed by atoms with Gasteiger partial charge in [0.15, 0.2) is 0 Å². The van der Waals surface area contributed by atoms with E-state index in [2.05, 4.69) is 11.5 Å². The fourth-order valence-corrected chi connectivity index (χ4v) is 3.18. The molecular weight excluding hydrogens is 248 g/mol. The first-order valence-corrected chi connectivity index (χ1v) is 7.60. The first-order chi connectivity index (χ1) is 9.77. The lowest BCUT2D eigenvalue weighted by atomic mass is 10.1. The van der Waals surface area contributed by atoms with Gasteiger partial charge in [0.1, 0.15) is 0 Å². The number of hydrogen-bond donors (Lipinski definition) is 0. The minimum absolute atomic E-state index is 0.117. The fraction of sp³-hybridized carbons (Fsp3) is 0.471. The van der Waals surface area contributed by atoms with E-state index in [1.165, 1.54) is 32.5 Å².